The lowest BCUT2D eigenvalue weighted by molar-refractivity contribution is 0.319. The Kier molecular flexibility index (Phi) is 5.81. The van der Waals surface area contributed by atoms with Gasteiger partial charge < -0.3 is 0 Å². The normalized spacial score (nSPS) is 16.0. The maximum atomic E-state index is 13.0. The third-order valence-electron chi connectivity index (χ3n) is 6.46. The van der Waals surface area contributed by atoms with E-state index >= 15 is 0 Å². The van der Waals surface area contributed by atoms with E-state index in [0.29, 0.717) is 23.9 Å². The number of hydrogen-bond donors (Lipinski definition) is 0. The van der Waals surface area contributed by atoms with Crippen LogP contribution in [0.4, 0.5) is 0 Å². The third-order valence-corrected chi connectivity index (χ3v) is 8.52. The van der Waals surface area contributed by atoms with Crippen molar-refractivity contribution in [1.29, 1.82) is 0 Å². The van der Waals surface area contributed by atoms with Crippen LogP contribution in [0, 0.1) is 20.8 Å². The fraction of sp³-hybridized carbons (Fsp3) is 0.308. The van der Waals surface area contributed by atoms with E-state index in [9.17, 15) is 8.42 Å². The summed E-state index contributed by atoms with van der Waals surface area (Å²) in [5.74, 6) is 0.404. The van der Waals surface area contributed by atoms with Crippen LogP contribution in [-0.4, -0.2) is 25.8 Å². The fourth-order valence-electron chi connectivity index (χ4n) is 4.41. The van der Waals surface area contributed by atoms with Crippen LogP contribution in [0.25, 0.3) is 11.1 Å². The Morgan fingerprint density at radius 1 is 0.767 bits per heavy atom. The Morgan fingerprint density at radius 2 is 1.40 bits per heavy atom. The standard InChI is InChI=1S/C26H29NO2S/c1-19-8-6-9-25(21(19)3)24-13-11-22(12-14-24)23-15-17-27(18-16-23)30(28,29)26-10-5-4-7-20(26)2/h4-14,23H,15-18H2,1-3H3. The molecule has 3 aromatic rings. The lowest BCUT2D eigenvalue weighted by Crippen LogP contribution is -2.38. The summed E-state index contributed by atoms with van der Waals surface area (Å²) in [5.41, 5.74) is 7.25. The highest BCUT2D eigenvalue weighted by atomic mass is 32.2. The smallest absolute Gasteiger partial charge is 0.207 e. The van der Waals surface area contributed by atoms with Gasteiger partial charge in [-0.15, -0.1) is 0 Å². The highest BCUT2D eigenvalue weighted by Gasteiger charge is 2.30. The van der Waals surface area contributed by atoms with Crippen molar-refractivity contribution in [2.45, 2.75) is 44.4 Å². The molecule has 0 bridgehead atoms. The van der Waals surface area contributed by atoms with E-state index < -0.39 is 10.0 Å². The van der Waals surface area contributed by atoms with Crippen molar-refractivity contribution in [3.05, 3.63) is 89.0 Å². The summed E-state index contributed by atoms with van der Waals surface area (Å²) in [6, 6.07) is 22.5. The van der Waals surface area contributed by atoms with Gasteiger partial charge in [-0.3, -0.25) is 0 Å². The lowest BCUT2D eigenvalue weighted by Gasteiger charge is -2.32. The minimum absolute atomic E-state index is 0.404. The number of sulfonamides is 1. The summed E-state index contributed by atoms with van der Waals surface area (Å²) < 4.78 is 27.7. The van der Waals surface area contributed by atoms with Crippen molar-refractivity contribution in [3.63, 3.8) is 0 Å². The zero-order valence-corrected chi connectivity index (χ0v) is 18.7. The first-order valence-corrected chi connectivity index (χ1v) is 12.0. The van der Waals surface area contributed by atoms with Crippen molar-refractivity contribution >= 4 is 10.0 Å². The Bertz CT molecular complexity index is 1140. The zero-order chi connectivity index (χ0) is 21.3. The second kappa shape index (κ2) is 8.37. The average molecular weight is 420 g/mol. The highest BCUT2D eigenvalue weighted by molar-refractivity contribution is 7.89. The van der Waals surface area contributed by atoms with E-state index in [-0.39, 0.29) is 0 Å². The number of nitrogens with zero attached hydrogens (tertiary/aromatic N) is 1. The first kappa shape index (κ1) is 20.8. The number of piperidine rings is 1. The minimum atomic E-state index is -3.42. The quantitative estimate of drug-likeness (QED) is 0.532. The summed E-state index contributed by atoms with van der Waals surface area (Å²) in [6.07, 6.45) is 1.71. The molecule has 4 heteroatoms. The SMILES string of the molecule is Cc1ccccc1S(=O)(=O)N1CCC(c2ccc(-c3cccc(C)c3C)cc2)CC1. The van der Waals surface area contributed by atoms with Gasteiger partial charge in [0.2, 0.25) is 10.0 Å². The van der Waals surface area contributed by atoms with Gasteiger partial charge >= 0.3 is 0 Å². The maximum Gasteiger partial charge on any atom is 0.243 e. The number of hydrogen-bond acceptors (Lipinski definition) is 2. The van der Waals surface area contributed by atoms with E-state index in [4.69, 9.17) is 0 Å². The van der Waals surface area contributed by atoms with Crippen LogP contribution in [0.15, 0.2) is 71.6 Å². The van der Waals surface area contributed by atoms with Gasteiger partial charge in [0.1, 0.15) is 0 Å². The van der Waals surface area contributed by atoms with Crippen molar-refractivity contribution in [1.82, 2.24) is 4.31 Å². The number of aryl methyl sites for hydroxylation is 2. The summed E-state index contributed by atoms with van der Waals surface area (Å²) in [5, 5.41) is 0. The molecule has 0 spiro atoms. The molecule has 1 heterocycles. The Morgan fingerprint density at radius 3 is 2.07 bits per heavy atom. The number of benzene rings is 3. The molecular formula is C26H29NO2S. The second-order valence-corrected chi connectivity index (χ2v) is 10.2. The minimum Gasteiger partial charge on any atom is -0.207 e. The largest absolute Gasteiger partial charge is 0.243 e. The monoisotopic (exact) mass is 419 g/mol. The molecule has 1 aliphatic heterocycles. The molecule has 0 unspecified atom stereocenters. The predicted octanol–water partition coefficient (Wildman–Crippen LogP) is 5.85. The molecular weight excluding hydrogens is 390 g/mol. The van der Waals surface area contributed by atoms with Gasteiger partial charge in [0.25, 0.3) is 0 Å². The van der Waals surface area contributed by atoms with Crippen molar-refractivity contribution in [3.8, 4) is 11.1 Å². The van der Waals surface area contributed by atoms with Crippen molar-refractivity contribution < 1.29 is 8.42 Å². The molecule has 4 rings (SSSR count). The summed E-state index contributed by atoms with van der Waals surface area (Å²) in [7, 11) is -3.42. The molecule has 30 heavy (non-hydrogen) atoms. The van der Waals surface area contributed by atoms with Gasteiger partial charge in [0, 0.05) is 13.1 Å². The van der Waals surface area contributed by atoms with Gasteiger partial charge in [-0.25, -0.2) is 8.42 Å². The molecule has 0 aliphatic carbocycles. The molecule has 0 saturated carbocycles. The van der Waals surface area contributed by atoms with Crippen LogP contribution in [0.1, 0.15) is 41.0 Å². The van der Waals surface area contributed by atoms with Crippen LogP contribution < -0.4 is 0 Å². The topological polar surface area (TPSA) is 37.4 Å². The zero-order valence-electron chi connectivity index (χ0n) is 17.9. The maximum absolute atomic E-state index is 13.0. The summed E-state index contributed by atoms with van der Waals surface area (Å²) >= 11 is 0. The van der Waals surface area contributed by atoms with Crippen LogP contribution >= 0.6 is 0 Å². The number of rotatable bonds is 4. The van der Waals surface area contributed by atoms with Gasteiger partial charge in [-0.1, -0.05) is 60.7 Å². The summed E-state index contributed by atoms with van der Waals surface area (Å²) in [6.45, 7) is 7.31. The van der Waals surface area contributed by atoms with Crippen LogP contribution in [0.2, 0.25) is 0 Å². The second-order valence-electron chi connectivity index (χ2n) is 8.31. The van der Waals surface area contributed by atoms with Crippen LogP contribution in [0.3, 0.4) is 0 Å². The van der Waals surface area contributed by atoms with E-state index in [2.05, 4.69) is 56.3 Å². The molecule has 0 radical (unpaired) electrons. The van der Waals surface area contributed by atoms with Gasteiger partial charge in [0.15, 0.2) is 0 Å². The molecule has 1 fully saturated rings. The van der Waals surface area contributed by atoms with Crippen molar-refractivity contribution in [2.75, 3.05) is 13.1 Å². The van der Waals surface area contributed by atoms with E-state index in [1.807, 2.05) is 19.1 Å². The predicted molar refractivity (Wildman–Crippen MR) is 123 cm³/mol. The Labute approximate surface area is 180 Å². The molecule has 0 atom stereocenters. The molecule has 0 amide bonds. The lowest BCUT2D eigenvalue weighted by atomic mass is 9.88. The Hall–Kier alpha value is -2.43. The Balaban J connectivity index is 1.47. The molecule has 3 aromatic carbocycles. The molecule has 3 nitrogen and oxygen atoms in total. The fourth-order valence-corrected chi connectivity index (χ4v) is 6.11. The summed E-state index contributed by atoms with van der Waals surface area (Å²) in [4.78, 5) is 0.432. The first-order valence-electron chi connectivity index (χ1n) is 10.6. The van der Waals surface area contributed by atoms with Gasteiger partial charge in [-0.2, -0.15) is 4.31 Å². The van der Waals surface area contributed by atoms with Crippen LogP contribution in [-0.2, 0) is 10.0 Å². The van der Waals surface area contributed by atoms with Gasteiger partial charge in [-0.05, 0) is 79.0 Å². The van der Waals surface area contributed by atoms with E-state index in [1.54, 1.807) is 16.4 Å². The van der Waals surface area contributed by atoms with Gasteiger partial charge in [0.05, 0.1) is 4.90 Å². The molecule has 0 N–H and O–H groups in total. The van der Waals surface area contributed by atoms with E-state index in [1.165, 1.54) is 27.8 Å². The van der Waals surface area contributed by atoms with E-state index in [0.717, 1.165) is 18.4 Å². The van der Waals surface area contributed by atoms with Crippen LogP contribution in [0.5, 0.6) is 0 Å². The molecule has 156 valence electrons. The molecule has 1 aliphatic rings. The average Bonchev–Trinajstić information content (AvgIpc) is 2.76. The molecule has 0 aromatic heterocycles. The molecule has 1 saturated heterocycles. The third kappa shape index (κ3) is 3.94. The first-order chi connectivity index (χ1) is 14.4. The van der Waals surface area contributed by atoms with Crippen molar-refractivity contribution in [2.24, 2.45) is 0 Å². The highest BCUT2D eigenvalue weighted by Crippen LogP contribution is 2.33.